The minimum Gasteiger partial charge on any atom is -0.467 e. The molecule has 15 heteroatoms. The Labute approximate surface area is 239 Å². The SMILES string of the molecule is C[C@@H](COC(=O)COC(=O)c1cc(S(N)(=O)=O)c(Cl)cc1NCc1ccco1)N[C@H](C)C(=O)c1cc(F)cc(F)c1. The number of rotatable bonds is 13. The topological polar surface area (TPSA) is 167 Å². The van der Waals surface area contributed by atoms with Crippen LogP contribution in [0, 0.1) is 11.6 Å². The minimum atomic E-state index is -4.30. The number of furan rings is 1. The third kappa shape index (κ3) is 9.08. The third-order valence-corrected chi connectivity index (χ3v) is 6.90. The van der Waals surface area contributed by atoms with Crippen molar-refractivity contribution in [3.05, 3.63) is 82.3 Å². The lowest BCUT2D eigenvalue weighted by atomic mass is 10.0. The quantitative estimate of drug-likeness (QED) is 0.192. The van der Waals surface area contributed by atoms with Gasteiger partial charge in [-0.2, -0.15) is 0 Å². The lowest BCUT2D eigenvalue weighted by Crippen LogP contribution is -2.42. The highest BCUT2D eigenvalue weighted by molar-refractivity contribution is 7.89. The summed E-state index contributed by atoms with van der Waals surface area (Å²) in [6, 6.07) is 6.43. The van der Waals surface area contributed by atoms with Crippen LogP contribution in [0.1, 0.15) is 40.3 Å². The van der Waals surface area contributed by atoms with Gasteiger partial charge in [0.25, 0.3) is 0 Å². The standard InChI is InChI=1S/C26H26ClF2N3O8S/c1-14(32-15(2)25(34)16-6-17(28)8-18(29)7-16)12-39-24(33)13-40-26(35)20-9-23(41(30,36)37)21(27)10-22(20)31-11-19-4-3-5-38-19/h3-10,14-15,31-32H,11-13H2,1-2H3,(H2,30,36,37)/t14-,15+/m0/s1. The van der Waals surface area contributed by atoms with Gasteiger partial charge in [0, 0.05) is 17.7 Å². The third-order valence-electron chi connectivity index (χ3n) is 5.52. The summed E-state index contributed by atoms with van der Waals surface area (Å²) in [4.78, 5) is 36.9. The molecule has 11 nitrogen and oxygen atoms in total. The van der Waals surface area contributed by atoms with Crippen molar-refractivity contribution < 1.29 is 45.5 Å². The van der Waals surface area contributed by atoms with Gasteiger partial charge in [0.05, 0.1) is 35.1 Å². The Balaban J connectivity index is 1.58. The number of ketones is 1. The van der Waals surface area contributed by atoms with Crippen LogP contribution in [0.15, 0.2) is 58.0 Å². The molecule has 0 saturated carbocycles. The molecule has 2 aromatic carbocycles. The van der Waals surface area contributed by atoms with Gasteiger partial charge in [-0.05, 0) is 50.2 Å². The molecule has 2 atom stereocenters. The van der Waals surface area contributed by atoms with Crippen molar-refractivity contribution in [2.24, 2.45) is 5.14 Å². The van der Waals surface area contributed by atoms with Crippen LogP contribution >= 0.6 is 11.6 Å². The number of halogens is 3. The Bertz CT molecular complexity index is 1510. The molecule has 0 radical (unpaired) electrons. The highest BCUT2D eigenvalue weighted by atomic mass is 35.5. The van der Waals surface area contributed by atoms with E-state index >= 15 is 0 Å². The number of Topliss-reactive ketones (excluding diaryl/α,β-unsaturated/α-hetero) is 1. The van der Waals surface area contributed by atoms with E-state index in [2.05, 4.69) is 10.6 Å². The van der Waals surface area contributed by atoms with Gasteiger partial charge in [-0.3, -0.25) is 4.79 Å². The summed E-state index contributed by atoms with van der Waals surface area (Å²) in [6.45, 7) is 2.12. The molecule has 0 fully saturated rings. The summed E-state index contributed by atoms with van der Waals surface area (Å²) in [5.41, 5.74) is -0.342. The fourth-order valence-electron chi connectivity index (χ4n) is 3.64. The molecule has 0 bridgehead atoms. The van der Waals surface area contributed by atoms with Crippen molar-refractivity contribution >= 4 is 45.0 Å². The van der Waals surface area contributed by atoms with Crippen molar-refractivity contribution in [2.75, 3.05) is 18.5 Å². The maximum absolute atomic E-state index is 13.4. The Hall–Kier alpha value is -3.85. The number of hydrogen-bond acceptors (Lipinski definition) is 10. The number of carbonyl (C=O) groups is 3. The first-order valence-electron chi connectivity index (χ1n) is 12.0. The van der Waals surface area contributed by atoms with E-state index in [0.29, 0.717) is 11.8 Å². The van der Waals surface area contributed by atoms with E-state index in [1.165, 1.54) is 19.3 Å². The van der Waals surface area contributed by atoms with Gasteiger partial charge >= 0.3 is 11.9 Å². The molecule has 0 aliphatic rings. The van der Waals surface area contributed by atoms with Gasteiger partial charge in [0.1, 0.15) is 28.9 Å². The number of carbonyl (C=O) groups excluding carboxylic acids is 3. The van der Waals surface area contributed by atoms with Gasteiger partial charge in [-0.1, -0.05) is 11.6 Å². The Morgan fingerprint density at radius 3 is 2.37 bits per heavy atom. The van der Waals surface area contributed by atoms with Crippen LogP contribution in [-0.2, 0) is 30.8 Å². The van der Waals surface area contributed by atoms with Crippen LogP contribution in [0.25, 0.3) is 0 Å². The van der Waals surface area contributed by atoms with E-state index < -0.39 is 63.0 Å². The summed E-state index contributed by atoms with van der Waals surface area (Å²) in [7, 11) is -4.30. The molecule has 220 valence electrons. The van der Waals surface area contributed by atoms with Crippen molar-refractivity contribution in [1.82, 2.24) is 5.32 Å². The zero-order valence-electron chi connectivity index (χ0n) is 21.8. The van der Waals surface area contributed by atoms with Crippen LogP contribution in [0.2, 0.25) is 5.02 Å². The van der Waals surface area contributed by atoms with Crippen LogP contribution in [0.4, 0.5) is 14.5 Å². The molecule has 1 aromatic heterocycles. The highest BCUT2D eigenvalue weighted by Gasteiger charge is 2.23. The molecular formula is C26H26ClF2N3O8S. The molecule has 0 aliphatic carbocycles. The first kappa shape index (κ1) is 31.7. The molecule has 0 saturated heterocycles. The second kappa shape index (κ2) is 13.7. The molecule has 0 unspecified atom stereocenters. The van der Waals surface area contributed by atoms with Crippen molar-refractivity contribution in [2.45, 2.75) is 37.4 Å². The first-order chi connectivity index (χ1) is 19.2. The average Bonchev–Trinajstić information content (AvgIpc) is 3.41. The van der Waals surface area contributed by atoms with Crippen molar-refractivity contribution in [3.63, 3.8) is 0 Å². The van der Waals surface area contributed by atoms with Gasteiger partial charge in [0.2, 0.25) is 10.0 Å². The smallest absolute Gasteiger partial charge is 0.344 e. The molecule has 41 heavy (non-hydrogen) atoms. The molecule has 0 amide bonds. The Kier molecular flexibility index (Phi) is 10.6. The zero-order valence-corrected chi connectivity index (χ0v) is 23.4. The first-order valence-corrected chi connectivity index (χ1v) is 13.9. The summed E-state index contributed by atoms with van der Waals surface area (Å²) in [5, 5.41) is 10.7. The highest BCUT2D eigenvalue weighted by Crippen LogP contribution is 2.29. The predicted molar refractivity (Wildman–Crippen MR) is 143 cm³/mol. The number of hydrogen-bond donors (Lipinski definition) is 3. The fraction of sp³-hybridized carbons (Fsp3) is 0.269. The minimum absolute atomic E-state index is 0.0897. The molecule has 4 N–H and O–H groups in total. The number of anilines is 1. The van der Waals surface area contributed by atoms with E-state index in [0.717, 1.165) is 18.2 Å². The van der Waals surface area contributed by atoms with Gasteiger partial charge in [-0.15, -0.1) is 0 Å². The molecule has 0 aliphatic heterocycles. The number of nitrogens with one attached hydrogen (secondary N) is 2. The van der Waals surface area contributed by atoms with Crippen LogP contribution < -0.4 is 15.8 Å². The van der Waals surface area contributed by atoms with Gasteiger partial charge in [0.15, 0.2) is 12.4 Å². The average molecular weight is 614 g/mol. The Morgan fingerprint density at radius 2 is 1.76 bits per heavy atom. The van der Waals surface area contributed by atoms with E-state index in [4.69, 9.17) is 30.6 Å². The lowest BCUT2D eigenvalue weighted by Gasteiger charge is -2.19. The van der Waals surface area contributed by atoms with E-state index in [9.17, 15) is 31.6 Å². The van der Waals surface area contributed by atoms with E-state index in [1.807, 2.05) is 0 Å². The molecule has 0 spiro atoms. The summed E-state index contributed by atoms with van der Waals surface area (Å²) >= 11 is 6.04. The van der Waals surface area contributed by atoms with E-state index in [-0.39, 0.29) is 35.0 Å². The largest absolute Gasteiger partial charge is 0.467 e. The second-order valence-electron chi connectivity index (χ2n) is 8.88. The summed E-state index contributed by atoms with van der Waals surface area (Å²) < 4.78 is 65.9. The monoisotopic (exact) mass is 613 g/mol. The molecule has 3 rings (SSSR count). The van der Waals surface area contributed by atoms with Gasteiger partial charge < -0.3 is 24.5 Å². The number of sulfonamides is 1. The summed E-state index contributed by atoms with van der Waals surface area (Å²) in [5.74, 6) is -3.87. The molecule has 1 heterocycles. The van der Waals surface area contributed by atoms with Crippen LogP contribution in [0.5, 0.6) is 0 Å². The maximum Gasteiger partial charge on any atom is 0.344 e. The van der Waals surface area contributed by atoms with Crippen LogP contribution in [0.3, 0.4) is 0 Å². The zero-order chi connectivity index (χ0) is 30.3. The van der Waals surface area contributed by atoms with Crippen molar-refractivity contribution in [1.29, 1.82) is 0 Å². The number of esters is 2. The summed E-state index contributed by atoms with van der Waals surface area (Å²) in [6.07, 6.45) is 1.44. The lowest BCUT2D eigenvalue weighted by molar-refractivity contribution is -0.147. The van der Waals surface area contributed by atoms with Crippen LogP contribution in [-0.4, -0.2) is 51.4 Å². The van der Waals surface area contributed by atoms with Gasteiger partial charge in [-0.25, -0.2) is 31.9 Å². The number of primary sulfonamides is 1. The van der Waals surface area contributed by atoms with E-state index in [1.54, 1.807) is 19.1 Å². The number of benzene rings is 2. The number of nitrogens with two attached hydrogens (primary N) is 1. The fourth-order valence-corrected chi connectivity index (χ4v) is 4.74. The number of ether oxygens (including phenoxy) is 2. The maximum atomic E-state index is 13.4. The van der Waals surface area contributed by atoms with Crippen molar-refractivity contribution in [3.8, 4) is 0 Å². The molecule has 3 aromatic rings. The Morgan fingerprint density at radius 1 is 1.07 bits per heavy atom. The normalized spacial score (nSPS) is 12.8. The predicted octanol–water partition coefficient (Wildman–Crippen LogP) is 3.42. The second-order valence-corrected chi connectivity index (χ2v) is 10.8. The molecular weight excluding hydrogens is 588 g/mol.